The van der Waals surface area contributed by atoms with Gasteiger partial charge in [-0.05, 0) is 31.8 Å². The summed E-state index contributed by atoms with van der Waals surface area (Å²) in [5, 5.41) is 11.0. The third-order valence-electron chi connectivity index (χ3n) is 4.04. The molecule has 0 saturated carbocycles. The number of aromatic nitrogens is 2. The molecule has 7 nitrogen and oxygen atoms in total. The number of nitrogens with one attached hydrogen (secondary N) is 2. The fourth-order valence-corrected chi connectivity index (χ4v) is 2.55. The maximum absolute atomic E-state index is 5.18. The Morgan fingerprint density at radius 2 is 1.96 bits per heavy atom. The standard InChI is InChI=1S/C18H28N6O.HI/c1-19-18(20-10-14-6-8-16(25-5)9-7-14)21-12-17(23(2)3)15-11-22-24(4)13-15;/h6-9,11,13,17H,10,12H2,1-5H3,(H2,19,20,21);1H. The van der Waals surface area contributed by atoms with Crippen molar-refractivity contribution in [1.82, 2.24) is 25.3 Å². The summed E-state index contributed by atoms with van der Waals surface area (Å²) >= 11 is 0. The van der Waals surface area contributed by atoms with Gasteiger partial charge in [0.05, 0.1) is 19.3 Å². The molecule has 0 saturated heterocycles. The van der Waals surface area contributed by atoms with E-state index in [0.717, 1.165) is 18.3 Å². The van der Waals surface area contributed by atoms with Crippen molar-refractivity contribution in [2.24, 2.45) is 12.0 Å². The molecule has 0 radical (unpaired) electrons. The predicted molar refractivity (Wildman–Crippen MR) is 116 cm³/mol. The van der Waals surface area contributed by atoms with E-state index in [4.69, 9.17) is 4.74 Å². The van der Waals surface area contributed by atoms with Crippen LogP contribution in [-0.2, 0) is 13.6 Å². The van der Waals surface area contributed by atoms with Gasteiger partial charge in [0.1, 0.15) is 5.75 Å². The number of halogens is 1. The Morgan fingerprint density at radius 3 is 2.46 bits per heavy atom. The first-order chi connectivity index (χ1) is 12.0. The van der Waals surface area contributed by atoms with Crippen LogP contribution in [0.15, 0.2) is 41.7 Å². The van der Waals surface area contributed by atoms with Gasteiger partial charge in [-0.1, -0.05) is 12.1 Å². The smallest absolute Gasteiger partial charge is 0.191 e. The molecule has 1 heterocycles. The van der Waals surface area contributed by atoms with Gasteiger partial charge in [0, 0.05) is 38.9 Å². The van der Waals surface area contributed by atoms with Crippen LogP contribution in [0, 0.1) is 0 Å². The number of aryl methyl sites for hydroxylation is 1. The Labute approximate surface area is 172 Å². The van der Waals surface area contributed by atoms with E-state index in [1.54, 1.807) is 14.2 Å². The summed E-state index contributed by atoms with van der Waals surface area (Å²) in [6.07, 6.45) is 3.94. The van der Waals surface area contributed by atoms with Crippen molar-refractivity contribution in [3.63, 3.8) is 0 Å². The van der Waals surface area contributed by atoms with Crippen LogP contribution < -0.4 is 15.4 Å². The topological polar surface area (TPSA) is 66.7 Å². The number of likely N-dealkylation sites (N-methyl/N-ethyl adjacent to an activating group) is 1. The molecule has 0 spiro atoms. The highest BCUT2D eigenvalue weighted by atomic mass is 127. The van der Waals surface area contributed by atoms with Crippen molar-refractivity contribution in [1.29, 1.82) is 0 Å². The molecule has 2 aromatic rings. The van der Waals surface area contributed by atoms with Crippen molar-refractivity contribution < 1.29 is 4.74 Å². The summed E-state index contributed by atoms with van der Waals surface area (Å²) in [7, 11) is 9.50. The van der Waals surface area contributed by atoms with Crippen LogP contribution in [0.1, 0.15) is 17.2 Å². The zero-order valence-electron chi connectivity index (χ0n) is 16.1. The molecule has 0 amide bonds. The van der Waals surface area contributed by atoms with Crippen LogP contribution in [0.25, 0.3) is 0 Å². The van der Waals surface area contributed by atoms with Crippen LogP contribution in [-0.4, -0.2) is 55.4 Å². The van der Waals surface area contributed by atoms with Crippen LogP contribution >= 0.6 is 24.0 Å². The molecule has 1 unspecified atom stereocenters. The number of methoxy groups -OCH3 is 1. The summed E-state index contributed by atoms with van der Waals surface area (Å²) in [6, 6.07) is 8.21. The first-order valence-corrected chi connectivity index (χ1v) is 8.26. The van der Waals surface area contributed by atoms with Gasteiger partial charge in [-0.3, -0.25) is 9.67 Å². The van der Waals surface area contributed by atoms with Crippen LogP contribution in [0.3, 0.4) is 0 Å². The molecule has 0 aliphatic heterocycles. The number of guanidine groups is 1. The van der Waals surface area contributed by atoms with E-state index in [1.807, 2.05) is 48.4 Å². The highest BCUT2D eigenvalue weighted by Gasteiger charge is 2.16. The second-order valence-electron chi connectivity index (χ2n) is 6.08. The van der Waals surface area contributed by atoms with Gasteiger partial charge >= 0.3 is 0 Å². The maximum atomic E-state index is 5.18. The predicted octanol–water partition coefficient (Wildman–Crippen LogP) is 2.01. The normalized spacial score (nSPS) is 12.5. The quantitative estimate of drug-likeness (QED) is 0.367. The van der Waals surface area contributed by atoms with Gasteiger partial charge in [0.15, 0.2) is 5.96 Å². The van der Waals surface area contributed by atoms with Crippen LogP contribution in [0.2, 0.25) is 0 Å². The average molecular weight is 472 g/mol. The molecule has 0 bridgehead atoms. The van der Waals surface area contributed by atoms with Crippen molar-refractivity contribution in [2.45, 2.75) is 12.6 Å². The molecule has 0 fully saturated rings. The minimum atomic E-state index is 0. The molecule has 26 heavy (non-hydrogen) atoms. The Bertz CT molecular complexity index is 683. The molecular formula is C18H29IN6O. The van der Waals surface area contributed by atoms with Gasteiger partial charge in [-0.25, -0.2) is 0 Å². The minimum absolute atomic E-state index is 0. The highest BCUT2D eigenvalue weighted by Crippen LogP contribution is 2.16. The number of hydrogen-bond acceptors (Lipinski definition) is 4. The first kappa shape index (κ1) is 22.2. The number of rotatable bonds is 7. The number of nitrogens with zero attached hydrogens (tertiary/aromatic N) is 4. The fourth-order valence-electron chi connectivity index (χ4n) is 2.55. The van der Waals surface area contributed by atoms with Crippen molar-refractivity contribution >= 4 is 29.9 Å². The highest BCUT2D eigenvalue weighted by molar-refractivity contribution is 14.0. The molecule has 1 aromatic carbocycles. The number of aliphatic imine (C=N–C) groups is 1. The summed E-state index contributed by atoms with van der Waals surface area (Å²) in [5.74, 6) is 1.63. The second-order valence-corrected chi connectivity index (χ2v) is 6.08. The van der Waals surface area contributed by atoms with Crippen molar-refractivity contribution in [3.05, 3.63) is 47.8 Å². The van der Waals surface area contributed by atoms with E-state index in [9.17, 15) is 0 Å². The number of hydrogen-bond donors (Lipinski definition) is 2. The van der Waals surface area contributed by atoms with Gasteiger partial charge in [0.25, 0.3) is 0 Å². The summed E-state index contributed by atoms with van der Waals surface area (Å²) < 4.78 is 7.00. The first-order valence-electron chi connectivity index (χ1n) is 8.26. The summed E-state index contributed by atoms with van der Waals surface area (Å²) in [4.78, 5) is 6.46. The molecule has 8 heteroatoms. The molecule has 0 aliphatic rings. The zero-order valence-corrected chi connectivity index (χ0v) is 18.4. The Morgan fingerprint density at radius 1 is 1.27 bits per heavy atom. The van der Waals surface area contributed by atoms with Gasteiger partial charge < -0.3 is 20.3 Å². The Hall–Kier alpha value is -1.81. The zero-order chi connectivity index (χ0) is 18.2. The fraction of sp³-hybridized carbons (Fsp3) is 0.444. The van der Waals surface area contributed by atoms with E-state index in [-0.39, 0.29) is 30.0 Å². The summed E-state index contributed by atoms with van der Waals surface area (Å²) in [5.41, 5.74) is 2.34. The van der Waals surface area contributed by atoms with Crippen LogP contribution in [0.5, 0.6) is 5.75 Å². The number of ether oxygens (including phenoxy) is 1. The molecule has 2 rings (SSSR count). The van der Waals surface area contributed by atoms with Gasteiger partial charge in [-0.2, -0.15) is 5.10 Å². The molecular weight excluding hydrogens is 443 g/mol. The minimum Gasteiger partial charge on any atom is -0.497 e. The van der Waals surface area contributed by atoms with E-state index in [2.05, 4.69) is 39.7 Å². The van der Waals surface area contributed by atoms with E-state index >= 15 is 0 Å². The van der Waals surface area contributed by atoms with Crippen LogP contribution in [0.4, 0.5) is 0 Å². The Kier molecular flexibility index (Phi) is 9.42. The lowest BCUT2D eigenvalue weighted by Crippen LogP contribution is -2.41. The molecule has 0 aliphatic carbocycles. The monoisotopic (exact) mass is 472 g/mol. The third kappa shape index (κ3) is 6.49. The third-order valence-corrected chi connectivity index (χ3v) is 4.04. The lowest BCUT2D eigenvalue weighted by Gasteiger charge is -2.24. The molecule has 1 atom stereocenters. The average Bonchev–Trinajstić information content (AvgIpc) is 3.04. The second kappa shape index (κ2) is 11.0. The van der Waals surface area contributed by atoms with Crippen molar-refractivity contribution in [2.75, 3.05) is 34.8 Å². The molecule has 144 valence electrons. The number of benzene rings is 1. The Balaban J connectivity index is 0.00000338. The molecule has 2 N–H and O–H groups in total. The van der Waals surface area contributed by atoms with E-state index in [1.165, 1.54) is 11.1 Å². The van der Waals surface area contributed by atoms with E-state index in [0.29, 0.717) is 6.54 Å². The summed E-state index contributed by atoms with van der Waals surface area (Å²) in [6.45, 7) is 1.43. The van der Waals surface area contributed by atoms with Gasteiger partial charge in [0.2, 0.25) is 0 Å². The van der Waals surface area contributed by atoms with E-state index < -0.39 is 0 Å². The lowest BCUT2D eigenvalue weighted by atomic mass is 10.1. The van der Waals surface area contributed by atoms with Crippen molar-refractivity contribution in [3.8, 4) is 5.75 Å². The SMILES string of the molecule is CN=C(NCc1ccc(OC)cc1)NCC(c1cnn(C)c1)N(C)C.I. The lowest BCUT2D eigenvalue weighted by molar-refractivity contribution is 0.298. The van der Waals surface area contributed by atoms with Gasteiger partial charge in [-0.15, -0.1) is 24.0 Å². The molecule has 1 aromatic heterocycles. The largest absolute Gasteiger partial charge is 0.497 e. The maximum Gasteiger partial charge on any atom is 0.191 e.